The van der Waals surface area contributed by atoms with Crippen LogP contribution in [0.3, 0.4) is 0 Å². The minimum Gasteiger partial charge on any atom is -0.480 e. The Bertz CT molecular complexity index is 1480. The van der Waals surface area contributed by atoms with Gasteiger partial charge in [-0.05, 0) is 35.1 Å². The zero-order chi connectivity index (χ0) is 26.3. The standard InChI is InChI=1S/C32H29N3O2S/c33-28(31(36)37)20-22-12-16-24(17-13-22)25-18-14-23(15-19-25)21-38-32-34-29(26-8-4-1-2-5-9-26)30(35-32)27-10-6-3-7-11-27/h1,3-19,28H,2,20-21,33H2,(H,34,35)(H,36,37). The van der Waals surface area contributed by atoms with Gasteiger partial charge in [-0.1, -0.05) is 121 Å². The van der Waals surface area contributed by atoms with Gasteiger partial charge >= 0.3 is 5.97 Å². The summed E-state index contributed by atoms with van der Waals surface area (Å²) < 4.78 is 0. The van der Waals surface area contributed by atoms with Crippen molar-refractivity contribution in [3.63, 3.8) is 0 Å². The zero-order valence-electron chi connectivity index (χ0n) is 20.9. The minimum absolute atomic E-state index is 0.316. The number of hydrogen-bond acceptors (Lipinski definition) is 4. The summed E-state index contributed by atoms with van der Waals surface area (Å²) in [5.74, 6) is -0.192. The van der Waals surface area contributed by atoms with E-state index >= 15 is 0 Å². The van der Waals surface area contributed by atoms with Crippen molar-refractivity contribution < 1.29 is 9.90 Å². The highest BCUT2D eigenvalue weighted by atomic mass is 32.2. The van der Waals surface area contributed by atoms with E-state index < -0.39 is 12.0 Å². The van der Waals surface area contributed by atoms with Crippen molar-refractivity contribution in [1.82, 2.24) is 9.97 Å². The lowest BCUT2D eigenvalue weighted by atomic mass is 10.0. The first-order valence-electron chi connectivity index (χ1n) is 12.6. The van der Waals surface area contributed by atoms with E-state index in [0.29, 0.717) is 6.42 Å². The molecule has 1 heterocycles. The number of allylic oxidation sites excluding steroid dienone is 6. The number of hydrogen-bond donors (Lipinski definition) is 3. The highest BCUT2D eigenvalue weighted by molar-refractivity contribution is 7.98. The van der Waals surface area contributed by atoms with E-state index in [9.17, 15) is 4.79 Å². The Labute approximate surface area is 226 Å². The normalized spacial score (nSPS) is 13.7. The van der Waals surface area contributed by atoms with Crippen LogP contribution >= 0.6 is 11.8 Å². The van der Waals surface area contributed by atoms with Gasteiger partial charge in [0.1, 0.15) is 6.04 Å². The predicted octanol–water partition coefficient (Wildman–Crippen LogP) is 6.89. The summed E-state index contributed by atoms with van der Waals surface area (Å²) >= 11 is 1.69. The number of carboxylic acid groups (broad SMARTS) is 1. The van der Waals surface area contributed by atoms with E-state index in [2.05, 4.69) is 71.8 Å². The molecular formula is C32H29N3O2S. The number of nitrogens with one attached hydrogen (secondary N) is 1. The molecule has 0 aliphatic heterocycles. The number of rotatable bonds is 9. The molecule has 6 heteroatoms. The van der Waals surface area contributed by atoms with Crippen LogP contribution in [-0.4, -0.2) is 27.1 Å². The number of imidazole rings is 1. The quantitative estimate of drug-likeness (QED) is 0.209. The maximum Gasteiger partial charge on any atom is 0.320 e. The summed E-state index contributed by atoms with van der Waals surface area (Å²) in [5, 5.41) is 9.90. The van der Waals surface area contributed by atoms with Crippen molar-refractivity contribution in [2.75, 3.05) is 0 Å². The molecule has 0 radical (unpaired) electrons. The van der Waals surface area contributed by atoms with Crippen LogP contribution in [0.4, 0.5) is 0 Å². The van der Waals surface area contributed by atoms with Crippen LogP contribution < -0.4 is 5.73 Å². The smallest absolute Gasteiger partial charge is 0.320 e. The Kier molecular flexibility index (Phi) is 8.02. The maximum absolute atomic E-state index is 11.0. The second-order valence-corrected chi connectivity index (χ2v) is 10.1. The van der Waals surface area contributed by atoms with Gasteiger partial charge in [0, 0.05) is 16.9 Å². The molecule has 0 bridgehead atoms. The molecule has 5 rings (SSSR count). The number of thioether (sulfide) groups is 1. The molecule has 3 aromatic carbocycles. The van der Waals surface area contributed by atoms with E-state index in [-0.39, 0.29) is 0 Å². The van der Waals surface area contributed by atoms with Crippen LogP contribution in [0.5, 0.6) is 0 Å². The molecule has 0 fully saturated rings. The number of H-pyrrole nitrogens is 1. The summed E-state index contributed by atoms with van der Waals surface area (Å²) in [6.45, 7) is 0. The third kappa shape index (κ3) is 6.22. The van der Waals surface area contributed by atoms with Crippen LogP contribution in [-0.2, 0) is 17.0 Å². The van der Waals surface area contributed by atoms with Crippen molar-refractivity contribution in [2.45, 2.75) is 29.8 Å². The average molecular weight is 520 g/mol. The Balaban J connectivity index is 1.29. The lowest BCUT2D eigenvalue weighted by molar-refractivity contribution is -0.138. The predicted molar refractivity (Wildman–Crippen MR) is 156 cm³/mol. The number of aromatic amines is 1. The Morgan fingerprint density at radius 2 is 1.61 bits per heavy atom. The molecule has 0 amide bonds. The third-order valence-electron chi connectivity index (χ3n) is 6.39. The molecule has 1 aliphatic rings. The van der Waals surface area contributed by atoms with Gasteiger partial charge in [-0.25, -0.2) is 4.98 Å². The number of nitrogens with zero attached hydrogens (tertiary/aromatic N) is 1. The van der Waals surface area contributed by atoms with Gasteiger partial charge in [0.15, 0.2) is 5.16 Å². The summed E-state index contributed by atoms with van der Waals surface area (Å²) in [4.78, 5) is 19.5. The van der Waals surface area contributed by atoms with E-state index in [0.717, 1.165) is 56.5 Å². The first-order chi connectivity index (χ1) is 18.6. The monoisotopic (exact) mass is 519 g/mol. The van der Waals surface area contributed by atoms with Crippen molar-refractivity contribution in [3.8, 4) is 22.4 Å². The Hall–Kier alpha value is -4.13. The molecule has 5 nitrogen and oxygen atoms in total. The van der Waals surface area contributed by atoms with Crippen molar-refractivity contribution in [3.05, 3.63) is 126 Å². The van der Waals surface area contributed by atoms with Gasteiger partial charge in [0.05, 0.1) is 11.4 Å². The zero-order valence-corrected chi connectivity index (χ0v) is 21.7. The minimum atomic E-state index is -0.986. The lowest BCUT2D eigenvalue weighted by Crippen LogP contribution is -2.32. The summed E-state index contributed by atoms with van der Waals surface area (Å²) in [6, 6.07) is 25.8. The molecule has 1 atom stereocenters. The molecule has 0 saturated heterocycles. The average Bonchev–Trinajstić information content (AvgIpc) is 3.19. The highest BCUT2D eigenvalue weighted by Gasteiger charge is 2.16. The first kappa shape index (κ1) is 25.5. The molecule has 1 unspecified atom stereocenters. The van der Waals surface area contributed by atoms with E-state index in [1.54, 1.807) is 11.8 Å². The highest BCUT2D eigenvalue weighted by Crippen LogP contribution is 2.32. The van der Waals surface area contributed by atoms with E-state index in [1.807, 2.05) is 42.5 Å². The topological polar surface area (TPSA) is 92.0 Å². The lowest BCUT2D eigenvalue weighted by Gasteiger charge is -2.08. The molecule has 1 aromatic heterocycles. The van der Waals surface area contributed by atoms with Gasteiger partial charge in [0.2, 0.25) is 0 Å². The van der Waals surface area contributed by atoms with E-state index in [1.165, 1.54) is 5.56 Å². The van der Waals surface area contributed by atoms with Crippen LogP contribution in [0.25, 0.3) is 28.0 Å². The van der Waals surface area contributed by atoms with Gasteiger partial charge in [-0.15, -0.1) is 0 Å². The van der Waals surface area contributed by atoms with Crippen molar-refractivity contribution >= 4 is 23.3 Å². The molecule has 4 aromatic rings. The third-order valence-corrected chi connectivity index (χ3v) is 7.33. The molecule has 0 spiro atoms. The first-order valence-corrected chi connectivity index (χ1v) is 13.5. The molecule has 38 heavy (non-hydrogen) atoms. The fourth-order valence-corrected chi connectivity index (χ4v) is 5.13. The number of aromatic nitrogens is 2. The SMILES string of the molecule is NC(Cc1ccc(-c2ccc(CSc3nc(C4=CC=CCC=C4)c(-c4ccccc4)[nH]3)cc2)cc1)C(=O)O. The van der Waals surface area contributed by atoms with E-state index in [4.69, 9.17) is 15.8 Å². The molecule has 4 N–H and O–H groups in total. The van der Waals surface area contributed by atoms with Crippen LogP contribution in [0.15, 0.2) is 114 Å². The maximum atomic E-state index is 11.0. The van der Waals surface area contributed by atoms with Gasteiger partial charge in [0.25, 0.3) is 0 Å². The fraction of sp³-hybridized carbons (Fsp3) is 0.125. The molecular weight excluding hydrogens is 490 g/mol. The van der Waals surface area contributed by atoms with Gasteiger partial charge in [-0.2, -0.15) is 0 Å². The van der Waals surface area contributed by atoms with Crippen LogP contribution in [0, 0.1) is 0 Å². The van der Waals surface area contributed by atoms with Gasteiger partial charge in [-0.3, -0.25) is 4.79 Å². The fourth-order valence-electron chi connectivity index (χ4n) is 4.30. The van der Waals surface area contributed by atoms with Crippen LogP contribution in [0.1, 0.15) is 23.2 Å². The second kappa shape index (κ2) is 11.9. The number of carboxylic acids is 1. The Morgan fingerprint density at radius 1 is 0.921 bits per heavy atom. The van der Waals surface area contributed by atoms with Crippen molar-refractivity contribution in [1.29, 1.82) is 0 Å². The van der Waals surface area contributed by atoms with Gasteiger partial charge < -0.3 is 15.8 Å². The summed E-state index contributed by atoms with van der Waals surface area (Å²) in [6.07, 6.45) is 11.9. The molecule has 0 saturated carbocycles. The Morgan fingerprint density at radius 3 is 2.29 bits per heavy atom. The van der Waals surface area contributed by atoms with Crippen LogP contribution in [0.2, 0.25) is 0 Å². The number of benzene rings is 3. The number of carbonyl (C=O) groups is 1. The summed E-state index contributed by atoms with van der Waals surface area (Å²) in [5.41, 5.74) is 14.2. The molecule has 1 aliphatic carbocycles. The summed E-state index contributed by atoms with van der Waals surface area (Å²) in [7, 11) is 0. The number of aliphatic carboxylic acids is 1. The second-order valence-electron chi connectivity index (χ2n) is 9.15. The molecule has 190 valence electrons. The van der Waals surface area contributed by atoms with Crippen molar-refractivity contribution in [2.24, 2.45) is 5.73 Å². The largest absolute Gasteiger partial charge is 0.480 e. The number of nitrogens with two attached hydrogens (primary N) is 1.